The molecule has 2 saturated carbocycles. The van der Waals surface area contributed by atoms with Crippen LogP contribution in [0, 0.1) is 5.92 Å². The highest BCUT2D eigenvalue weighted by Gasteiger charge is 2.32. The molecule has 2 aromatic heterocycles. The molecule has 0 radical (unpaired) electrons. The summed E-state index contributed by atoms with van der Waals surface area (Å²) in [5.74, 6) is 0.370. The number of esters is 1. The van der Waals surface area contributed by atoms with E-state index in [0.717, 1.165) is 30.3 Å². The van der Waals surface area contributed by atoms with Crippen LogP contribution < -0.4 is 0 Å². The lowest BCUT2D eigenvalue weighted by molar-refractivity contribution is -0.0206. The lowest BCUT2D eigenvalue weighted by atomic mass is 10.2. The van der Waals surface area contributed by atoms with Gasteiger partial charge in [-0.05, 0) is 51.0 Å². The summed E-state index contributed by atoms with van der Waals surface area (Å²) in [6.45, 7) is 2.18. The lowest BCUT2D eigenvalue weighted by Gasteiger charge is -2.18. The quantitative estimate of drug-likeness (QED) is 0.789. The smallest absolute Gasteiger partial charge is 0.340 e. The molecular weight excluding hydrogens is 306 g/mol. The molecule has 0 spiro atoms. The standard InChI is InChI=1S/C18H23N3O3/c1-11(12-6-7-12)21-17-13(10-20-21)8-14(9-19-17)18(22)24-16-5-3-4-15(16)23-2/h8-12,15-16H,3-7H2,1-2H3/t11?,15-,16-/m0/s1. The van der Waals surface area contributed by atoms with E-state index in [4.69, 9.17) is 9.47 Å². The van der Waals surface area contributed by atoms with Gasteiger partial charge in [0, 0.05) is 18.7 Å². The molecule has 0 aliphatic heterocycles. The van der Waals surface area contributed by atoms with Crippen LogP contribution in [-0.2, 0) is 9.47 Å². The maximum atomic E-state index is 12.4. The molecule has 0 bridgehead atoms. The van der Waals surface area contributed by atoms with Gasteiger partial charge >= 0.3 is 5.97 Å². The van der Waals surface area contributed by atoms with E-state index in [2.05, 4.69) is 17.0 Å². The number of carbonyl (C=O) groups excluding carboxylic acids is 1. The van der Waals surface area contributed by atoms with Gasteiger partial charge in [-0.25, -0.2) is 14.5 Å². The van der Waals surface area contributed by atoms with Crippen molar-refractivity contribution in [3.63, 3.8) is 0 Å². The van der Waals surface area contributed by atoms with E-state index >= 15 is 0 Å². The average Bonchev–Trinajstić information content (AvgIpc) is 3.21. The van der Waals surface area contributed by atoms with Gasteiger partial charge in [0.25, 0.3) is 0 Å². The molecule has 0 amide bonds. The number of hydrogen-bond donors (Lipinski definition) is 0. The van der Waals surface area contributed by atoms with Gasteiger partial charge in [0.15, 0.2) is 5.65 Å². The number of hydrogen-bond acceptors (Lipinski definition) is 5. The van der Waals surface area contributed by atoms with Crippen molar-refractivity contribution in [2.75, 3.05) is 7.11 Å². The van der Waals surface area contributed by atoms with Gasteiger partial charge in [-0.3, -0.25) is 0 Å². The first-order valence-corrected chi connectivity index (χ1v) is 8.74. The van der Waals surface area contributed by atoms with Crippen LogP contribution in [0.4, 0.5) is 0 Å². The molecule has 2 heterocycles. The number of rotatable bonds is 5. The fourth-order valence-corrected chi connectivity index (χ4v) is 3.63. The van der Waals surface area contributed by atoms with Crippen molar-refractivity contribution in [3.05, 3.63) is 24.0 Å². The molecule has 2 aliphatic rings. The molecule has 128 valence electrons. The van der Waals surface area contributed by atoms with Crippen molar-refractivity contribution in [2.45, 2.75) is 57.3 Å². The molecule has 6 heteroatoms. The molecule has 4 rings (SSSR count). The number of nitrogens with zero attached hydrogens (tertiary/aromatic N) is 3. The minimum absolute atomic E-state index is 0.00721. The third-order valence-electron chi connectivity index (χ3n) is 5.31. The molecule has 0 aromatic carbocycles. The Kier molecular flexibility index (Phi) is 4.00. The van der Waals surface area contributed by atoms with Crippen LogP contribution in [0.2, 0.25) is 0 Å². The van der Waals surface area contributed by atoms with E-state index in [1.807, 2.05) is 10.7 Å². The molecular formula is C18H23N3O3. The second kappa shape index (κ2) is 6.16. The zero-order valence-electron chi connectivity index (χ0n) is 14.1. The minimum Gasteiger partial charge on any atom is -0.456 e. The Morgan fingerprint density at radius 2 is 2.04 bits per heavy atom. The summed E-state index contributed by atoms with van der Waals surface area (Å²) in [6, 6.07) is 2.18. The second-order valence-electron chi connectivity index (χ2n) is 6.95. The Hall–Kier alpha value is -1.95. The molecule has 24 heavy (non-hydrogen) atoms. The second-order valence-corrected chi connectivity index (χ2v) is 6.95. The fourth-order valence-electron chi connectivity index (χ4n) is 3.63. The van der Waals surface area contributed by atoms with E-state index in [-0.39, 0.29) is 18.2 Å². The molecule has 2 aliphatic carbocycles. The fraction of sp³-hybridized carbons (Fsp3) is 0.611. The van der Waals surface area contributed by atoms with Crippen molar-refractivity contribution in [1.29, 1.82) is 0 Å². The zero-order valence-corrected chi connectivity index (χ0v) is 14.1. The number of pyridine rings is 1. The lowest BCUT2D eigenvalue weighted by Crippen LogP contribution is -2.27. The molecule has 2 aromatic rings. The molecule has 6 nitrogen and oxygen atoms in total. The van der Waals surface area contributed by atoms with Gasteiger partial charge in [-0.15, -0.1) is 0 Å². The topological polar surface area (TPSA) is 66.2 Å². The first kappa shape index (κ1) is 15.6. The summed E-state index contributed by atoms with van der Waals surface area (Å²) in [4.78, 5) is 16.9. The van der Waals surface area contributed by atoms with Crippen LogP contribution in [0.25, 0.3) is 11.0 Å². The normalized spacial score (nSPS) is 25.1. The SMILES string of the molecule is CO[C@H]1CCC[C@@H]1OC(=O)c1cnc2c(cnn2C(C)C2CC2)c1. The van der Waals surface area contributed by atoms with Gasteiger partial charge in [0.1, 0.15) is 6.10 Å². The molecule has 1 unspecified atom stereocenters. The van der Waals surface area contributed by atoms with Crippen LogP contribution in [-0.4, -0.2) is 40.1 Å². The maximum absolute atomic E-state index is 12.4. The predicted octanol–water partition coefficient (Wildman–Crippen LogP) is 3.13. The van der Waals surface area contributed by atoms with E-state index < -0.39 is 0 Å². The minimum atomic E-state index is -0.332. The van der Waals surface area contributed by atoms with Crippen molar-refractivity contribution < 1.29 is 14.3 Å². The first-order valence-electron chi connectivity index (χ1n) is 8.74. The van der Waals surface area contributed by atoms with Gasteiger partial charge < -0.3 is 9.47 Å². The van der Waals surface area contributed by atoms with Crippen LogP contribution >= 0.6 is 0 Å². The number of aromatic nitrogens is 3. The molecule has 3 atom stereocenters. The summed E-state index contributed by atoms with van der Waals surface area (Å²) in [6.07, 6.45) is 8.58. The van der Waals surface area contributed by atoms with E-state index in [0.29, 0.717) is 17.5 Å². The van der Waals surface area contributed by atoms with Crippen molar-refractivity contribution in [2.24, 2.45) is 5.92 Å². The summed E-state index contributed by atoms with van der Waals surface area (Å²) >= 11 is 0. The molecule has 0 N–H and O–H groups in total. The zero-order chi connectivity index (χ0) is 16.7. The van der Waals surface area contributed by atoms with Gasteiger partial charge in [-0.1, -0.05) is 0 Å². The third-order valence-corrected chi connectivity index (χ3v) is 5.31. The van der Waals surface area contributed by atoms with Crippen molar-refractivity contribution in [3.8, 4) is 0 Å². The molecule has 2 fully saturated rings. The third kappa shape index (κ3) is 2.79. The number of fused-ring (bicyclic) bond motifs is 1. The highest BCUT2D eigenvalue weighted by Crippen LogP contribution is 2.40. The highest BCUT2D eigenvalue weighted by atomic mass is 16.6. The number of carbonyl (C=O) groups is 1. The number of ether oxygens (including phenoxy) is 2. The predicted molar refractivity (Wildman–Crippen MR) is 88.8 cm³/mol. The molecule has 0 saturated heterocycles. The Morgan fingerprint density at radius 3 is 2.79 bits per heavy atom. The van der Waals surface area contributed by atoms with E-state index in [9.17, 15) is 4.79 Å². The van der Waals surface area contributed by atoms with E-state index in [1.165, 1.54) is 12.8 Å². The van der Waals surface area contributed by atoms with Crippen LogP contribution in [0.3, 0.4) is 0 Å². The van der Waals surface area contributed by atoms with Crippen molar-refractivity contribution >= 4 is 17.0 Å². The Labute approximate surface area is 141 Å². The summed E-state index contributed by atoms with van der Waals surface area (Å²) < 4.78 is 13.0. The summed E-state index contributed by atoms with van der Waals surface area (Å²) in [5, 5.41) is 5.35. The Balaban J connectivity index is 1.53. The summed E-state index contributed by atoms with van der Waals surface area (Å²) in [7, 11) is 1.67. The van der Waals surface area contributed by atoms with E-state index in [1.54, 1.807) is 19.5 Å². The van der Waals surface area contributed by atoms with Gasteiger partial charge in [-0.2, -0.15) is 5.10 Å². The van der Waals surface area contributed by atoms with Gasteiger partial charge in [0.05, 0.1) is 23.9 Å². The summed E-state index contributed by atoms with van der Waals surface area (Å²) in [5.41, 5.74) is 1.31. The maximum Gasteiger partial charge on any atom is 0.340 e. The largest absolute Gasteiger partial charge is 0.456 e. The first-order chi connectivity index (χ1) is 11.7. The van der Waals surface area contributed by atoms with Crippen LogP contribution in [0.1, 0.15) is 55.4 Å². The number of methoxy groups -OCH3 is 1. The van der Waals surface area contributed by atoms with Crippen molar-refractivity contribution in [1.82, 2.24) is 14.8 Å². The van der Waals surface area contributed by atoms with Crippen LogP contribution in [0.15, 0.2) is 18.5 Å². The van der Waals surface area contributed by atoms with Gasteiger partial charge in [0.2, 0.25) is 0 Å². The average molecular weight is 329 g/mol. The monoisotopic (exact) mass is 329 g/mol. The Morgan fingerprint density at radius 1 is 1.25 bits per heavy atom. The Bertz CT molecular complexity index is 753. The highest BCUT2D eigenvalue weighted by molar-refractivity contribution is 5.93. The van der Waals surface area contributed by atoms with Crippen LogP contribution in [0.5, 0.6) is 0 Å².